The Morgan fingerprint density at radius 2 is 1.96 bits per heavy atom. The summed E-state index contributed by atoms with van der Waals surface area (Å²) < 4.78 is 49.2. The predicted octanol–water partition coefficient (Wildman–Crippen LogP) is 3.64. The van der Waals surface area contributed by atoms with Gasteiger partial charge in [0.25, 0.3) is 0 Å². The van der Waals surface area contributed by atoms with Gasteiger partial charge in [-0.1, -0.05) is 30.3 Å². The van der Waals surface area contributed by atoms with Gasteiger partial charge < -0.3 is 14.8 Å². The molecule has 1 heterocycles. The fourth-order valence-corrected chi connectivity index (χ4v) is 2.66. The minimum Gasteiger partial charge on any atom is -0.497 e. The van der Waals surface area contributed by atoms with E-state index in [1.807, 2.05) is 30.3 Å². The molecule has 1 N–H and O–H groups in total. The maximum absolute atomic E-state index is 12.9. The molecule has 148 valence electrons. The number of aromatic nitrogens is 1. The number of methoxy groups -OCH3 is 1. The van der Waals surface area contributed by atoms with E-state index in [1.165, 1.54) is 13.2 Å². The monoisotopic (exact) mass is 392 g/mol. The zero-order valence-corrected chi connectivity index (χ0v) is 15.1. The van der Waals surface area contributed by atoms with Crippen molar-refractivity contribution in [2.24, 2.45) is 0 Å². The topological polar surface area (TPSA) is 60.5 Å². The van der Waals surface area contributed by atoms with Crippen LogP contribution in [0, 0.1) is 0 Å². The largest absolute Gasteiger partial charge is 0.497 e. The Kier molecular flexibility index (Phi) is 5.99. The lowest BCUT2D eigenvalue weighted by Gasteiger charge is -2.25. The number of hydrogen-bond acceptors (Lipinski definition) is 4. The first-order valence-electron chi connectivity index (χ1n) is 8.61. The Labute approximate surface area is 160 Å². The van der Waals surface area contributed by atoms with E-state index in [0.29, 0.717) is 18.6 Å². The van der Waals surface area contributed by atoms with Crippen LogP contribution in [-0.2, 0) is 28.9 Å². The fraction of sp³-hybridized carbons (Fsp3) is 0.300. The van der Waals surface area contributed by atoms with Crippen LogP contribution < -0.4 is 10.1 Å². The number of halogens is 3. The highest BCUT2D eigenvalue weighted by molar-refractivity contribution is 5.95. The van der Waals surface area contributed by atoms with Crippen molar-refractivity contribution in [1.29, 1.82) is 0 Å². The molecule has 3 rings (SSSR count). The molecule has 0 saturated heterocycles. The van der Waals surface area contributed by atoms with E-state index in [2.05, 4.69) is 10.3 Å². The van der Waals surface area contributed by atoms with Gasteiger partial charge in [0, 0.05) is 24.1 Å². The van der Waals surface area contributed by atoms with E-state index in [9.17, 15) is 18.0 Å². The van der Waals surface area contributed by atoms with Crippen LogP contribution in [0.15, 0.2) is 54.1 Å². The lowest BCUT2D eigenvalue weighted by Crippen LogP contribution is -2.32. The predicted molar refractivity (Wildman–Crippen MR) is 95.4 cm³/mol. The zero-order chi connectivity index (χ0) is 20.1. The molecule has 0 saturated carbocycles. The second-order valence-electron chi connectivity index (χ2n) is 6.30. The van der Waals surface area contributed by atoms with E-state index >= 15 is 0 Å². The number of benzene rings is 1. The number of ether oxygens (including phenoxy) is 2. The third-order valence-corrected chi connectivity index (χ3v) is 4.21. The molecule has 5 nitrogen and oxygen atoms in total. The quantitative estimate of drug-likeness (QED) is 0.782. The summed E-state index contributed by atoms with van der Waals surface area (Å²) in [6.07, 6.45) is -2.57. The number of nitrogens with zero attached hydrogens (tertiary/aromatic N) is 1. The highest BCUT2D eigenvalue weighted by Crippen LogP contribution is 2.30. The van der Waals surface area contributed by atoms with Gasteiger partial charge in [0.2, 0.25) is 5.91 Å². The molecule has 1 unspecified atom stereocenters. The summed E-state index contributed by atoms with van der Waals surface area (Å²) in [6, 6.07) is 11.8. The van der Waals surface area contributed by atoms with Crippen molar-refractivity contribution in [3.05, 3.63) is 71.1 Å². The number of hydrogen-bond donors (Lipinski definition) is 1. The number of amides is 1. The second-order valence-corrected chi connectivity index (χ2v) is 6.30. The highest BCUT2D eigenvalue weighted by atomic mass is 19.4. The average molecular weight is 392 g/mol. The zero-order valence-electron chi connectivity index (χ0n) is 15.1. The Balaban J connectivity index is 1.52. The first-order chi connectivity index (χ1) is 13.3. The van der Waals surface area contributed by atoms with Crippen molar-refractivity contribution in [2.75, 3.05) is 7.11 Å². The summed E-state index contributed by atoms with van der Waals surface area (Å²) in [4.78, 5) is 15.7. The van der Waals surface area contributed by atoms with E-state index in [1.54, 1.807) is 6.08 Å². The summed E-state index contributed by atoms with van der Waals surface area (Å²) in [5.41, 5.74) is 0.584. The summed E-state index contributed by atoms with van der Waals surface area (Å²) in [6.45, 7) is 0.316. The molecule has 2 aromatic rings. The Hall–Kier alpha value is -2.87. The first kappa shape index (κ1) is 19.9. The van der Waals surface area contributed by atoms with Gasteiger partial charge in [-0.3, -0.25) is 4.79 Å². The molecule has 8 heteroatoms. The lowest BCUT2D eigenvalue weighted by atomic mass is 9.94. The molecule has 1 aliphatic carbocycles. The summed E-state index contributed by atoms with van der Waals surface area (Å²) in [7, 11) is 1.27. The van der Waals surface area contributed by atoms with Gasteiger partial charge in [0.1, 0.15) is 11.4 Å². The molecule has 0 bridgehead atoms. The maximum atomic E-state index is 12.9. The number of nitrogens with one attached hydrogen (secondary N) is 1. The minimum atomic E-state index is -4.59. The van der Waals surface area contributed by atoms with Crippen molar-refractivity contribution < 1.29 is 27.4 Å². The van der Waals surface area contributed by atoms with Crippen molar-refractivity contribution >= 4 is 5.91 Å². The van der Waals surface area contributed by atoms with Crippen LogP contribution >= 0.6 is 0 Å². The molecule has 28 heavy (non-hydrogen) atoms. The molecule has 1 aromatic carbocycles. The Bertz CT molecular complexity index is 867. The van der Waals surface area contributed by atoms with Crippen molar-refractivity contribution in [3.8, 4) is 5.75 Å². The summed E-state index contributed by atoms with van der Waals surface area (Å²) in [5.74, 6) is -0.318. The van der Waals surface area contributed by atoms with Gasteiger partial charge in [0.15, 0.2) is 0 Å². The molecule has 0 aliphatic heterocycles. The van der Waals surface area contributed by atoms with E-state index in [-0.39, 0.29) is 30.0 Å². The Morgan fingerprint density at radius 3 is 2.61 bits per heavy atom. The first-order valence-corrected chi connectivity index (χ1v) is 8.61. The minimum absolute atomic E-state index is 0.0313. The molecule has 1 aromatic heterocycles. The molecule has 1 atom stereocenters. The lowest BCUT2D eigenvalue weighted by molar-refractivity contribution is -0.141. The molecule has 0 spiro atoms. The van der Waals surface area contributed by atoms with Crippen LogP contribution in [0.1, 0.15) is 23.4 Å². The molecular weight excluding hydrogens is 373 g/mol. The van der Waals surface area contributed by atoms with Gasteiger partial charge in [-0.05, 0) is 11.6 Å². The van der Waals surface area contributed by atoms with E-state index < -0.39 is 11.9 Å². The number of pyridine rings is 1. The number of carbonyl (C=O) groups is 1. The maximum Gasteiger partial charge on any atom is 0.433 e. The normalized spacial score (nSPS) is 16.1. The van der Waals surface area contributed by atoms with Gasteiger partial charge in [-0.15, -0.1) is 0 Å². The molecule has 1 aliphatic rings. The van der Waals surface area contributed by atoms with Crippen LogP contribution in [0.2, 0.25) is 0 Å². The van der Waals surface area contributed by atoms with Crippen molar-refractivity contribution in [1.82, 2.24) is 10.3 Å². The van der Waals surface area contributed by atoms with Crippen molar-refractivity contribution in [3.63, 3.8) is 0 Å². The summed E-state index contributed by atoms with van der Waals surface area (Å²) in [5, 5.41) is 2.58. The molecule has 0 radical (unpaired) electrons. The van der Waals surface area contributed by atoms with Crippen LogP contribution in [0.3, 0.4) is 0 Å². The van der Waals surface area contributed by atoms with Gasteiger partial charge in [-0.2, -0.15) is 13.2 Å². The third kappa shape index (κ3) is 5.10. The van der Waals surface area contributed by atoms with Gasteiger partial charge in [0.05, 0.1) is 32.1 Å². The fourth-order valence-electron chi connectivity index (χ4n) is 2.66. The van der Waals surface area contributed by atoms with Crippen LogP contribution in [0.4, 0.5) is 13.2 Å². The second kappa shape index (κ2) is 8.43. The van der Waals surface area contributed by atoms with Gasteiger partial charge in [-0.25, -0.2) is 4.98 Å². The Morgan fingerprint density at radius 1 is 1.25 bits per heavy atom. The smallest absolute Gasteiger partial charge is 0.433 e. The van der Waals surface area contributed by atoms with Crippen LogP contribution in [0.25, 0.3) is 0 Å². The average Bonchev–Trinajstić information content (AvgIpc) is 2.65. The third-order valence-electron chi connectivity index (χ3n) is 4.21. The molecule has 0 fully saturated rings. The standard InChI is InChI=1S/C20H19F3N2O3/c1-27-16-9-15(25-18(10-16)20(21,22)23)11-24-19(26)14-7-17(8-14)28-12-13-5-3-2-4-6-13/h2-7,9-10,17H,8,11-12H2,1H3,(H,24,26). The number of alkyl halides is 3. The van der Waals surface area contributed by atoms with E-state index in [4.69, 9.17) is 9.47 Å². The molecular formula is C20H19F3N2O3. The highest BCUT2D eigenvalue weighted by Gasteiger charge is 2.33. The van der Waals surface area contributed by atoms with Gasteiger partial charge >= 0.3 is 6.18 Å². The number of rotatable bonds is 7. The van der Waals surface area contributed by atoms with E-state index in [0.717, 1.165) is 11.6 Å². The number of carbonyl (C=O) groups excluding carboxylic acids is 1. The van der Waals surface area contributed by atoms with Crippen LogP contribution in [0.5, 0.6) is 5.75 Å². The van der Waals surface area contributed by atoms with Crippen LogP contribution in [-0.4, -0.2) is 24.1 Å². The molecule has 1 amide bonds. The SMILES string of the molecule is COc1cc(CNC(=O)C2=CC(OCc3ccccc3)C2)nc(C(F)(F)F)c1. The summed E-state index contributed by atoms with van der Waals surface area (Å²) >= 11 is 0. The van der Waals surface area contributed by atoms with Crippen molar-refractivity contribution in [2.45, 2.75) is 31.9 Å².